The Kier molecular flexibility index (Phi) is 6.86. The molecule has 0 spiro atoms. The van der Waals surface area contributed by atoms with Crippen LogP contribution in [0.4, 0.5) is 0 Å². The molecule has 0 saturated carbocycles. The third-order valence-corrected chi connectivity index (χ3v) is 7.61. The number of nitrogens with one attached hydrogen (secondary N) is 1. The van der Waals surface area contributed by atoms with Crippen LogP contribution in [-0.4, -0.2) is 31.0 Å². The highest BCUT2D eigenvalue weighted by atomic mass is 32.2. The molecule has 1 aliphatic rings. The summed E-state index contributed by atoms with van der Waals surface area (Å²) in [5, 5.41) is 11.0. The van der Waals surface area contributed by atoms with Gasteiger partial charge in [-0.1, -0.05) is 55.4 Å². The molecule has 2 aromatic rings. The minimum Gasteiger partial charge on any atom is -0.378 e. The first-order valence-corrected chi connectivity index (χ1v) is 12.1. The molecule has 1 N–H and O–H groups in total. The molecule has 7 nitrogen and oxygen atoms in total. The number of carbonyl (C=O) groups is 1. The fourth-order valence-electron chi connectivity index (χ4n) is 3.39. The lowest BCUT2D eigenvalue weighted by Gasteiger charge is -2.14. The monoisotopic (exact) mass is 459 g/mol. The second-order valence-electron chi connectivity index (χ2n) is 7.72. The first kappa shape index (κ1) is 23.0. The Morgan fingerprint density at radius 1 is 1.13 bits per heavy atom. The van der Waals surface area contributed by atoms with Gasteiger partial charge >= 0.3 is 10.1 Å². The lowest BCUT2D eigenvalue weighted by molar-refractivity contribution is -0.119. The van der Waals surface area contributed by atoms with E-state index in [0.29, 0.717) is 21.9 Å². The van der Waals surface area contributed by atoms with Crippen LogP contribution in [0.1, 0.15) is 36.1 Å². The van der Waals surface area contributed by atoms with Crippen molar-refractivity contribution >= 4 is 39.2 Å². The maximum absolute atomic E-state index is 13.0. The summed E-state index contributed by atoms with van der Waals surface area (Å²) in [7, 11) is -4.04. The smallest absolute Gasteiger partial charge is 0.339 e. The second-order valence-corrected chi connectivity index (χ2v) is 10.3. The minimum absolute atomic E-state index is 0.0902. The highest BCUT2D eigenvalue weighted by Crippen LogP contribution is 2.28. The van der Waals surface area contributed by atoms with Crippen molar-refractivity contribution in [3.63, 3.8) is 0 Å². The van der Waals surface area contributed by atoms with Crippen LogP contribution in [0.15, 0.2) is 51.5 Å². The molecule has 2 aromatic carbocycles. The molecule has 1 atom stereocenters. The van der Waals surface area contributed by atoms with Gasteiger partial charge in [0.25, 0.3) is 0 Å². The van der Waals surface area contributed by atoms with Crippen molar-refractivity contribution in [1.82, 2.24) is 5.32 Å². The van der Waals surface area contributed by atoms with E-state index in [0.717, 1.165) is 5.56 Å². The number of carbonyl (C=O) groups excluding carboxylic acids is 1. The number of amidine groups is 1. The Morgan fingerprint density at radius 2 is 1.77 bits per heavy atom. The molecular weight excluding hydrogens is 434 g/mol. The van der Waals surface area contributed by atoms with Crippen molar-refractivity contribution in [1.29, 1.82) is 0 Å². The first-order chi connectivity index (χ1) is 14.6. The maximum atomic E-state index is 13.0. The molecule has 164 valence electrons. The average molecular weight is 460 g/mol. The summed E-state index contributed by atoms with van der Waals surface area (Å²) in [5.41, 5.74) is 2.69. The fraction of sp³-hybridized carbons (Fsp3) is 0.318. The van der Waals surface area contributed by atoms with Crippen LogP contribution in [0.5, 0.6) is 5.75 Å². The zero-order chi connectivity index (χ0) is 22.8. The topological polar surface area (TPSA) is 97.2 Å². The summed E-state index contributed by atoms with van der Waals surface area (Å²) < 4.78 is 31.4. The molecule has 1 fully saturated rings. The molecule has 0 radical (unpaired) electrons. The summed E-state index contributed by atoms with van der Waals surface area (Å²) in [6.07, 6.45) is 1.40. The van der Waals surface area contributed by atoms with Crippen LogP contribution in [0, 0.1) is 26.7 Å². The van der Waals surface area contributed by atoms with Crippen LogP contribution in [0.3, 0.4) is 0 Å². The molecule has 9 heteroatoms. The van der Waals surface area contributed by atoms with Gasteiger partial charge in [-0.2, -0.15) is 13.5 Å². The zero-order valence-corrected chi connectivity index (χ0v) is 19.7. The Balaban J connectivity index is 1.84. The Hall–Kier alpha value is -2.65. The number of aryl methyl sites for hydroxylation is 3. The van der Waals surface area contributed by atoms with Crippen LogP contribution < -0.4 is 9.50 Å². The predicted octanol–water partition coefficient (Wildman–Crippen LogP) is 3.96. The number of amides is 1. The normalized spacial score (nSPS) is 18.2. The molecule has 0 aliphatic carbocycles. The second kappa shape index (κ2) is 9.23. The fourth-order valence-corrected chi connectivity index (χ4v) is 5.71. The standard InChI is InChI=1S/C22H25N3O4S2/c1-13(2)19-21(26)24-22(30-19)25-23-12-17-8-6-7-9-18(17)29-31(27,28)20-15(4)10-14(3)11-16(20)5/h6-13,19H,1-5H3,(H,24,25,26)/t19-/m1/s1. The molecule has 31 heavy (non-hydrogen) atoms. The van der Waals surface area contributed by atoms with E-state index in [9.17, 15) is 13.2 Å². The summed E-state index contributed by atoms with van der Waals surface area (Å²) in [6.45, 7) is 9.35. The molecule has 0 bridgehead atoms. The van der Waals surface area contributed by atoms with Crippen LogP contribution in [0.2, 0.25) is 0 Å². The lowest BCUT2D eigenvalue weighted by atomic mass is 10.1. The van der Waals surface area contributed by atoms with E-state index in [4.69, 9.17) is 4.18 Å². The van der Waals surface area contributed by atoms with Crippen molar-refractivity contribution in [2.45, 2.75) is 44.8 Å². The Morgan fingerprint density at radius 3 is 2.39 bits per heavy atom. The zero-order valence-electron chi connectivity index (χ0n) is 18.0. The highest BCUT2D eigenvalue weighted by molar-refractivity contribution is 8.15. The lowest BCUT2D eigenvalue weighted by Crippen LogP contribution is -2.27. The number of para-hydroxylation sites is 1. The number of thioether (sulfide) groups is 1. The van der Waals surface area contributed by atoms with Crippen molar-refractivity contribution in [3.8, 4) is 5.75 Å². The summed E-state index contributed by atoms with van der Waals surface area (Å²) in [5.74, 6) is 0.233. The first-order valence-electron chi connectivity index (χ1n) is 9.78. The molecule has 1 heterocycles. The number of hydrogen-bond acceptors (Lipinski definition) is 7. The number of rotatable bonds is 6. The van der Waals surface area contributed by atoms with E-state index in [1.165, 1.54) is 18.0 Å². The van der Waals surface area contributed by atoms with E-state index in [1.54, 1.807) is 38.1 Å². The van der Waals surface area contributed by atoms with E-state index in [2.05, 4.69) is 15.5 Å². The molecule has 1 saturated heterocycles. The molecule has 0 unspecified atom stereocenters. The SMILES string of the molecule is Cc1cc(C)c(S(=O)(=O)Oc2ccccc2C=NN=C2NC(=O)[C@@H](C(C)C)S2)c(C)c1. The summed E-state index contributed by atoms with van der Waals surface area (Å²) in [6, 6.07) is 10.3. The maximum Gasteiger partial charge on any atom is 0.339 e. The van der Waals surface area contributed by atoms with Gasteiger partial charge in [-0.15, -0.1) is 5.10 Å². The third kappa shape index (κ3) is 5.34. The summed E-state index contributed by atoms with van der Waals surface area (Å²) in [4.78, 5) is 12.1. The largest absolute Gasteiger partial charge is 0.378 e. The Labute approximate surface area is 187 Å². The molecule has 1 amide bonds. The van der Waals surface area contributed by atoms with Gasteiger partial charge in [0.2, 0.25) is 5.91 Å². The van der Waals surface area contributed by atoms with E-state index < -0.39 is 10.1 Å². The predicted molar refractivity (Wildman–Crippen MR) is 124 cm³/mol. The van der Waals surface area contributed by atoms with Crippen molar-refractivity contribution in [2.24, 2.45) is 16.1 Å². The van der Waals surface area contributed by atoms with Gasteiger partial charge in [0, 0.05) is 5.56 Å². The van der Waals surface area contributed by atoms with E-state index in [1.807, 2.05) is 32.9 Å². The van der Waals surface area contributed by atoms with Gasteiger partial charge in [-0.25, -0.2) is 0 Å². The third-order valence-electron chi connectivity index (χ3n) is 4.65. The quantitative estimate of drug-likeness (QED) is 0.401. The molecule has 3 rings (SSSR count). The highest BCUT2D eigenvalue weighted by Gasteiger charge is 2.32. The van der Waals surface area contributed by atoms with Gasteiger partial charge in [-0.05, 0) is 49.9 Å². The summed E-state index contributed by atoms with van der Waals surface area (Å²) >= 11 is 1.33. The molecular formula is C22H25N3O4S2. The van der Waals surface area contributed by atoms with Crippen molar-refractivity contribution in [2.75, 3.05) is 0 Å². The number of benzene rings is 2. The minimum atomic E-state index is -4.04. The molecule has 0 aromatic heterocycles. The van der Waals surface area contributed by atoms with Crippen molar-refractivity contribution < 1.29 is 17.4 Å². The van der Waals surface area contributed by atoms with Gasteiger partial charge in [0.1, 0.15) is 4.90 Å². The van der Waals surface area contributed by atoms with Crippen LogP contribution in [-0.2, 0) is 14.9 Å². The van der Waals surface area contributed by atoms with Crippen LogP contribution >= 0.6 is 11.8 Å². The molecule has 1 aliphatic heterocycles. The number of hydrogen-bond donors (Lipinski definition) is 1. The van der Waals surface area contributed by atoms with E-state index >= 15 is 0 Å². The average Bonchev–Trinajstić information content (AvgIpc) is 3.02. The van der Waals surface area contributed by atoms with E-state index in [-0.39, 0.29) is 27.7 Å². The van der Waals surface area contributed by atoms with Crippen LogP contribution in [0.25, 0.3) is 0 Å². The Bertz CT molecular complexity index is 1150. The van der Waals surface area contributed by atoms with Gasteiger partial charge in [0.15, 0.2) is 10.9 Å². The van der Waals surface area contributed by atoms with Gasteiger partial charge in [0.05, 0.1) is 11.5 Å². The van der Waals surface area contributed by atoms with Gasteiger partial charge < -0.3 is 9.50 Å². The van der Waals surface area contributed by atoms with Gasteiger partial charge in [-0.3, -0.25) is 4.79 Å². The van der Waals surface area contributed by atoms with Crippen molar-refractivity contribution in [3.05, 3.63) is 58.7 Å². The number of nitrogens with zero attached hydrogens (tertiary/aromatic N) is 2.